The van der Waals surface area contributed by atoms with Crippen LogP contribution < -0.4 is 0 Å². The number of rotatable bonds is 5. The maximum absolute atomic E-state index is 12.9. The maximum atomic E-state index is 12.9. The highest BCUT2D eigenvalue weighted by Gasteiger charge is 2.44. The zero-order valence-corrected chi connectivity index (χ0v) is 16.1. The van der Waals surface area contributed by atoms with Crippen LogP contribution in [0.2, 0.25) is 10.0 Å². The molecule has 8 heteroatoms. The van der Waals surface area contributed by atoms with Crippen LogP contribution in [0.5, 0.6) is 0 Å². The predicted octanol–water partition coefficient (Wildman–Crippen LogP) is 4.00. The molecule has 0 aromatic heterocycles. The van der Waals surface area contributed by atoms with Crippen LogP contribution in [-0.2, 0) is 14.3 Å². The molecule has 1 saturated heterocycles. The minimum absolute atomic E-state index is 0.206. The van der Waals surface area contributed by atoms with Crippen LogP contribution in [-0.4, -0.2) is 34.5 Å². The molecule has 3 atom stereocenters. The van der Waals surface area contributed by atoms with Crippen molar-refractivity contribution in [2.45, 2.75) is 24.7 Å². The number of carbonyl (C=O) groups is 2. The van der Waals surface area contributed by atoms with Gasteiger partial charge >= 0.3 is 5.97 Å². The Labute approximate surface area is 171 Å². The first-order chi connectivity index (χ1) is 13.4. The fourth-order valence-corrected chi connectivity index (χ4v) is 3.63. The van der Waals surface area contributed by atoms with Crippen molar-refractivity contribution in [1.82, 2.24) is 4.90 Å². The summed E-state index contributed by atoms with van der Waals surface area (Å²) in [5, 5.41) is 19.4. The van der Waals surface area contributed by atoms with E-state index >= 15 is 0 Å². The van der Waals surface area contributed by atoms with E-state index in [1.807, 2.05) is 6.07 Å². The third kappa shape index (κ3) is 4.28. The minimum Gasteiger partial charge on any atom is -0.481 e. The average Bonchev–Trinajstić information content (AvgIpc) is 2.65. The van der Waals surface area contributed by atoms with Gasteiger partial charge in [0.05, 0.1) is 18.5 Å². The van der Waals surface area contributed by atoms with Crippen LogP contribution in [0, 0.1) is 11.3 Å². The van der Waals surface area contributed by atoms with E-state index in [2.05, 4.69) is 0 Å². The Balaban J connectivity index is 2.11. The highest BCUT2D eigenvalue weighted by molar-refractivity contribution is 6.30. The third-order valence-electron chi connectivity index (χ3n) is 4.48. The van der Waals surface area contributed by atoms with E-state index in [1.165, 1.54) is 4.90 Å². The monoisotopic (exact) mass is 418 g/mol. The quantitative estimate of drug-likeness (QED) is 0.740. The lowest BCUT2D eigenvalue weighted by Gasteiger charge is -2.43. The number of carboxylic acid groups (broad SMARTS) is 1. The fraction of sp³-hybridized carbons (Fsp3) is 0.250. The Morgan fingerprint density at radius 2 is 1.86 bits per heavy atom. The number of hydrogen-bond acceptors (Lipinski definition) is 4. The van der Waals surface area contributed by atoms with Gasteiger partial charge in [0, 0.05) is 10.0 Å². The van der Waals surface area contributed by atoms with E-state index in [-0.39, 0.29) is 6.54 Å². The molecule has 144 valence electrons. The molecule has 1 unspecified atom stereocenters. The lowest BCUT2D eigenvalue weighted by molar-refractivity contribution is -0.177. The molecule has 1 N–H and O–H groups in total. The summed E-state index contributed by atoms with van der Waals surface area (Å²) in [7, 11) is 0. The topological polar surface area (TPSA) is 90.6 Å². The molecule has 6 nitrogen and oxygen atoms in total. The number of carbonyl (C=O) groups excluding carboxylic acids is 1. The Morgan fingerprint density at radius 3 is 2.46 bits per heavy atom. The van der Waals surface area contributed by atoms with Gasteiger partial charge < -0.3 is 14.7 Å². The zero-order valence-electron chi connectivity index (χ0n) is 14.6. The van der Waals surface area contributed by atoms with Gasteiger partial charge in [-0.1, -0.05) is 47.5 Å². The van der Waals surface area contributed by atoms with Crippen LogP contribution >= 0.6 is 23.2 Å². The molecule has 28 heavy (non-hydrogen) atoms. The van der Waals surface area contributed by atoms with Crippen LogP contribution in [0.4, 0.5) is 0 Å². The van der Waals surface area contributed by atoms with E-state index in [0.29, 0.717) is 21.2 Å². The molecule has 1 aliphatic rings. The van der Waals surface area contributed by atoms with Crippen molar-refractivity contribution in [1.29, 1.82) is 5.26 Å². The van der Waals surface area contributed by atoms with E-state index in [0.717, 1.165) is 0 Å². The molecule has 1 fully saturated rings. The van der Waals surface area contributed by atoms with Crippen LogP contribution in [0.25, 0.3) is 0 Å². The number of morpholine rings is 1. The van der Waals surface area contributed by atoms with Gasteiger partial charge in [0.25, 0.3) is 5.91 Å². The SMILES string of the molecule is N#CCN1C(=O)[C@H](CC(=O)O)OC(c2cccc(Cl)c2)[C@H]1c1ccc(Cl)cc1. The van der Waals surface area contributed by atoms with Crippen LogP contribution in [0.1, 0.15) is 29.7 Å². The molecule has 0 radical (unpaired) electrons. The Bertz CT molecular complexity index is 927. The number of amides is 1. The van der Waals surface area contributed by atoms with E-state index < -0.39 is 36.5 Å². The third-order valence-corrected chi connectivity index (χ3v) is 4.97. The second-order valence-electron chi connectivity index (χ2n) is 6.32. The summed E-state index contributed by atoms with van der Waals surface area (Å²) in [6.45, 7) is -0.206. The second-order valence-corrected chi connectivity index (χ2v) is 7.19. The first kappa shape index (κ1) is 20.2. The fourth-order valence-electron chi connectivity index (χ4n) is 3.30. The normalized spacial score (nSPS) is 22.0. The van der Waals surface area contributed by atoms with Crippen molar-refractivity contribution in [2.24, 2.45) is 0 Å². The molecular formula is C20H16Cl2N2O4. The molecule has 3 rings (SSSR count). The van der Waals surface area contributed by atoms with E-state index in [1.54, 1.807) is 48.5 Å². The highest BCUT2D eigenvalue weighted by Crippen LogP contribution is 2.43. The molecule has 2 aromatic rings. The smallest absolute Gasteiger partial charge is 0.306 e. The lowest BCUT2D eigenvalue weighted by Crippen LogP contribution is -2.51. The summed E-state index contributed by atoms with van der Waals surface area (Å²) in [4.78, 5) is 25.4. The van der Waals surface area contributed by atoms with Crippen LogP contribution in [0.3, 0.4) is 0 Å². The van der Waals surface area contributed by atoms with Crippen molar-refractivity contribution in [3.8, 4) is 6.07 Å². The van der Waals surface area contributed by atoms with Gasteiger partial charge in [-0.05, 0) is 35.4 Å². The second kappa shape index (κ2) is 8.61. The van der Waals surface area contributed by atoms with Crippen molar-refractivity contribution < 1.29 is 19.4 Å². The molecule has 1 heterocycles. The molecule has 0 saturated carbocycles. The molecule has 0 aliphatic carbocycles. The standard InChI is InChI=1S/C20H16Cl2N2O4/c21-14-6-4-12(5-7-14)18-19(13-2-1-3-15(22)10-13)28-16(11-17(25)26)20(27)24(18)9-8-23/h1-7,10,16,18-19H,9,11H2,(H,25,26)/t16-,18+,19?/m0/s1. The van der Waals surface area contributed by atoms with Gasteiger partial charge in [0.1, 0.15) is 18.8 Å². The van der Waals surface area contributed by atoms with Gasteiger partial charge in [-0.3, -0.25) is 9.59 Å². The number of carboxylic acids is 1. The largest absolute Gasteiger partial charge is 0.481 e. The Morgan fingerprint density at radius 1 is 1.14 bits per heavy atom. The van der Waals surface area contributed by atoms with Gasteiger partial charge in [0.2, 0.25) is 0 Å². The predicted molar refractivity (Wildman–Crippen MR) is 103 cm³/mol. The summed E-state index contributed by atoms with van der Waals surface area (Å²) >= 11 is 12.1. The molecule has 1 amide bonds. The number of nitriles is 1. The lowest BCUT2D eigenvalue weighted by atomic mass is 9.91. The summed E-state index contributed by atoms with van der Waals surface area (Å²) in [6, 6.07) is 15.2. The van der Waals surface area contributed by atoms with Gasteiger partial charge in [-0.15, -0.1) is 0 Å². The summed E-state index contributed by atoms with van der Waals surface area (Å²) < 4.78 is 5.95. The van der Waals surface area contributed by atoms with Crippen LogP contribution in [0.15, 0.2) is 48.5 Å². The number of halogens is 2. The van der Waals surface area contributed by atoms with Crippen molar-refractivity contribution >= 4 is 35.1 Å². The Kier molecular flexibility index (Phi) is 6.20. The van der Waals surface area contributed by atoms with Crippen molar-refractivity contribution in [3.63, 3.8) is 0 Å². The summed E-state index contributed by atoms with van der Waals surface area (Å²) in [5.74, 6) is -1.70. The number of ether oxygens (including phenoxy) is 1. The van der Waals surface area contributed by atoms with Gasteiger partial charge in [-0.25, -0.2) is 0 Å². The first-order valence-corrected chi connectivity index (χ1v) is 9.22. The number of benzene rings is 2. The number of aliphatic carboxylic acids is 1. The Hall–Kier alpha value is -2.59. The highest BCUT2D eigenvalue weighted by atomic mass is 35.5. The van der Waals surface area contributed by atoms with Crippen molar-refractivity contribution in [2.75, 3.05) is 6.54 Å². The van der Waals surface area contributed by atoms with Crippen molar-refractivity contribution in [3.05, 3.63) is 69.7 Å². The molecule has 1 aliphatic heterocycles. The molecule has 0 spiro atoms. The summed E-state index contributed by atoms with van der Waals surface area (Å²) in [5.41, 5.74) is 1.39. The minimum atomic E-state index is -1.20. The maximum Gasteiger partial charge on any atom is 0.306 e. The molecule has 0 bridgehead atoms. The zero-order chi connectivity index (χ0) is 20.3. The average molecular weight is 419 g/mol. The molecular weight excluding hydrogens is 403 g/mol. The number of nitrogens with zero attached hydrogens (tertiary/aromatic N) is 2. The van der Waals surface area contributed by atoms with Gasteiger partial charge in [-0.2, -0.15) is 5.26 Å². The first-order valence-electron chi connectivity index (χ1n) is 8.46. The molecule has 2 aromatic carbocycles. The number of hydrogen-bond donors (Lipinski definition) is 1. The van der Waals surface area contributed by atoms with E-state index in [4.69, 9.17) is 33.0 Å². The summed E-state index contributed by atoms with van der Waals surface area (Å²) in [6.07, 6.45) is -2.39. The van der Waals surface area contributed by atoms with Gasteiger partial charge in [0.15, 0.2) is 0 Å². The van der Waals surface area contributed by atoms with E-state index in [9.17, 15) is 14.9 Å².